The van der Waals surface area contributed by atoms with E-state index in [0.717, 1.165) is 51.4 Å². The van der Waals surface area contributed by atoms with Crippen LogP contribution in [0.15, 0.2) is 48.5 Å². The van der Waals surface area contributed by atoms with Crippen LogP contribution in [0.5, 0.6) is 0 Å². The first-order valence-corrected chi connectivity index (χ1v) is 14.5. The average Bonchev–Trinajstić information content (AvgIpc) is 2.82. The highest BCUT2D eigenvalue weighted by Gasteiger charge is 2.29. The van der Waals surface area contributed by atoms with Crippen LogP contribution in [0.4, 0.5) is 0 Å². The van der Waals surface area contributed by atoms with Gasteiger partial charge in [-0.05, 0) is 42.7 Å². The number of carboxylic acid groups (broad SMARTS) is 1. The molecule has 0 spiro atoms. The second-order valence-corrected chi connectivity index (χ2v) is 12.3. The van der Waals surface area contributed by atoms with Crippen molar-refractivity contribution >= 4 is 16.0 Å². The summed E-state index contributed by atoms with van der Waals surface area (Å²) in [5.41, 5.74) is 4.03. The summed E-state index contributed by atoms with van der Waals surface area (Å²) in [7, 11) is -3.11. The first-order chi connectivity index (χ1) is 17.1. The van der Waals surface area contributed by atoms with Crippen molar-refractivity contribution in [2.24, 2.45) is 0 Å². The normalized spacial score (nSPS) is 23.1. The highest BCUT2D eigenvalue weighted by atomic mass is 32.2. The summed E-state index contributed by atoms with van der Waals surface area (Å²) >= 11 is 0. The van der Waals surface area contributed by atoms with Crippen molar-refractivity contribution in [1.29, 1.82) is 0 Å². The summed E-state index contributed by atoms with van der Waals surface area (Å²) in [5.74, 6) is -0.893. The number of hydrogen-bond acceptors (Lipinski definition) is 6. The van der Waals surface area contributed by atoms with E-state index in [1.165, 1.54) is 17.4 Å². The molecule has 196 valence electrons. The average molecular weight is 515 g/mol. The molecule has 0 saturated carbocycles. The van der Waals surface area contributed by atoms with E-state index in [1.807, 2.05) is 12.1 Å². The number of benzene rings is 2. The number of nitrogens with zero attached hydrogens (tertiary/aromatic N) is 4. The molecule has 0 aliphatic carbocycles. The van der Waals surface area contributed by atoms with Crippen LogP contribution in [-0.4, -0.2) is 96.1 Å². The zero-order valence-electron chi connectivity index (χ0n) is 21.5. The van der Waals surface area contributed by atoms with E-state index in [2.05, 4.69) is 52.8 Å². The van der Waals surface area contributed by atoms with Crippen LogP contribution in [0.1, 0.15) is 40.9 Å². The fraction of sp³-hybridized carbons (Fsp3) is 0.519. The maximum absolute atomic E-state index is 11.8. The van der Waals surface area contributed by atoms with Crippen molar-refractivity contribution in [2.75, 3.05) is 45.5 Å². The Bertz CT molecular complexity index is 1130. The van der Waals surface area contributed by atoms with Crippen LogP contribution in [0.2, 0.25) is 0 Å². The summed E-state index contributed by atoms with van der Waals surface area (Å²) in [4.78, 5) is 18.4. The van der Waals surface area contributed by atoms with Crippen LogP contribution < -0.4 is 0 Å². The number of aromatic carboxylic acids is 1. The van der Waals surface area contributed by atoms with Crippen LogP contribution >= 0.6 is 0 Å². The highest BCUT2D eigenvalue weighted by Crippen LogP contribution is 2.22. The van der Waals surface area contributed by atoms with Gasteiger partial charge in [-0.3, -0.25) is 14.7 Å². The fourth-order valence-electron chi connectivity index (χ4n) is 5.43. The number of piperazine rings is 2. The van der Waals surface area contributed by atoms with Gasteiger partial charge in [-0.1, -0.05) is 36.4 Å². The Labute approximate surface area is 215 Å². The number of rotatable bonds is 8. The number of carboxylic acids is 1. The lowest BCUT2D eigenvalue weighted by atomic mass is 10.0. The molecule has 8 nitrogen and oxygen atoms in total. The zero-order valence-corrected chi connectivity index (χ0v) is 22.3. The van der Waals surface area contributed by atoms with Gasteiger partial charge < -0.3 is 5.11 Å². The smallest absolute Gasteiger partial charge is 0.335 e. The molecule has 0 aromatic heterocycles. The van der Waals surface area contributed by atoms with Crippen molar-refractivity contribution in [3.05, 3.63) is 70.8 Å². The molecule has 2 fully saturated rings. The van der Waals surface area contributed by atoms with E-state index in [9.17, 15) is 13.2 Å². The third-order valence-corrected chi connectivity index (χ3v) is 8.65. The molecule has 36 heavy (non-hydrogen) atoms. The quantitative estimate of drug-likeness (QED) is 0.580. The van der Waals surface area contributed by atoms with E-state index in [4.69, 9.17) is 5.11 Å². The van der Waals surface area contributed by atoms with Crippen molar-refractivity contribution < 1.29 is 18.3 Å². The number of carbonyl (C=O) groups is 1. The molecule has 0 unspecified atom stereocenters. The van der Waals surface area contributed by atoms with Crippen molar-refractivity contribution in [2.45, 2.75) is 45.6 Å². The zero-order chi connectivity index (χ0) is 25.9. The van der Waals surface area contributed by atoms with Gasteiger partial charge in [0.2, 0.25) is 10.0 Å². The van der Waals surface area contributed by atoms with Gasteiger partial charge in [0.1, 0.15) is 0 Å². The molecule has 1 N–H and O–H groups in total. The van der Waals surface area contributed by atoms with Gasteiger partial charge in [0.25, 0.3) is 0 Å². The minimum atomic E-state index is -3.11. The van der Waals surface area contributed by atoms with E-state index < -0.39 is 16.0 Å². The Kier molecular flexibility index (Phi) is 8.47. The van der Waals surface area contributed by atoms with Crippen molar-refractivity contribution in [1.82, 2.24) is 19.0 Å². The lowest BCUT2D eigenvalue weighted by Crippen LogP contribution is -2.55. The first-order valence-electron chi connectivity index (χ1n) is 12.6. The molecule has 0 amide bonds. The summed E-state index contributed by atoms with van der Waals surface area (Å²) in [6.45, 7) is 11.7. The predicted molar refractivity (Wildman–Crippen MR) is 141 cm³/mol. The van der Waals surface area contributed by atoms with Crippen LogP contribution in [0.25, 0.3) is 0 Å². The minimum absolute atomic E-state index is 0.323. The lowest BCUT2D eigenvalue weighted by Gasteiger charge is -2.44. The van der Waals surface area contributed by atoms with Crippen LogP contribution in [0, 0.1) is 0 Å². The Balaban J connectivity index is 1.31. The SMILES string of the molecule is C[C@@H]1CN(Cc2ccc(C(=O)O)cc2)C[C@H](C)N1Cc1cccc(CN2CCN(S(C)(=O)=O)CC2)c1. The summed E-state index contributed by atoms with van der Waals surface area (Å²) in [6.07, 6.45) is 1.28. The molecule has 2 saturated heterocycles. The van der Waals surface area contributed by atoms with E-state index in [0.29, 0.717) is 30.7 Å². The van der Waals surface area contributed by atoms with Gasteiger partial charge >= 0.3 is 5.97 Å². The predicted octanol–water partition coefficient (Wildman–Crippen LogP) is 2.56. The molecule has 4 rings (SSSR count). The summed E-state index contributed by atoms with van der Waals surface area (Å²) in [5, 5.41) is 9.11. The standard InChI is InChI=1S/C27H38N4O4S/c1-21-16-29(18-23-7-9-26(10-8-23)27(32)33)17-22(2)31(21)20-25-6-4-5-24(15-25)19-28-11-13-30(14-12-28)36(3,34)35/h4-10,15,21-22H,11-14,16-20H2,1-3H3,(H,32,33)/t21-,22+. The van der Waals surface area contributed by atoms with Gasteiger partial charge in [0.15, 0.2) is 0 Å². The number of hydrogen-bond donors (Lipinski definition) is 1. The van der Waals surface area contributed by atoms with Gasteiger partial charge in [0, 0.05) is 71.0 Å². The van der Waals surface area contributed by atoms with E-state index in [1.54, 1.807) is 16.4 Å². The molecule has 0 bridgehead atoms. The molecule has 2 aromatic rings. The van der Waals surface area contributed by atoms with E-state index >= 15 is 0 Å². The van der Waals surface area contributed by atoms with Crippen molar-refractivity contribution in [3.63, 3.8) is 0 Å². The summed E-state index contributed by atoms with van der Waals surface area (Å²) < 4.78 is 25.1. The monoisotopic (exact) mass is 514 g/mol. The van der Waals surface area contributed by atoms with Crippen LogP contribution in [-0.2, 0) is 29.7 Å². The maximum Gasteiger partial charge on any atom is 0.335 e. The van der Waals surface area contributed by atoms with Crippen molar-refractivity contribution in [3.8, 4) is 0 Å². The third-order valence-electron chi connectivity index (χ3n) is 7.35. The van der Waals surface area contributed by atoms with Crippen LogP contribution in [0.3, 0.4) is 0 Å². The fourth-order valence-corrected chi connectivity index (χ4v) is 6.26. The second-order valence-electron chi connectivity index (χ2n) is 10.3. The molecule has 9 heteroatoms. The largest absolute Gasteiger partial charge is 0.478 e. The molecular weight excluding hydrogens is 476 g/mol. The molecule has 2 heterocycles. The second kappa shape index (κ2) is 11.4. The topological polar surface area (TPSA) is 84.4 Å². The molecular formula is C27H38N4O4S. The molecule has 2 atom stereocenters. The Morgan fingerprint density at radius 1 is 0.833 bits per heavy atom. The lowest BCUT2D eigenvalue weighted by molar-refractivity contribution is 0.0290. The molecule has 2 aliphatic heterocycles. The summed E-state index contributed by atoms with van der Waals surface area (Å²) in [6, 6.07) is 16.8. The van der Waals surface area contributed by atoms with Gasteiger partial charge in [-0.2, -0.15) is 4.31 Å². The Hall–Kier alpha value is -2.30. The molecule has 0 radical (unpaired) electrons. The Morgan fingerprint density at radius 2 is 1.39 bits per heavy atom. The van der Waals surface area contributed by atoms with Gasteiger partial charge in [0.05, 0.1) is 11.8 Å². The van der Waals surface area contributed by atoms with Gasteiger partial charge in [-0.15, -0.1) is 0 Å². The minimum Gasteiger partial charge on any atom is -0.478 e. The Morgan fingerprint density at radius 3 is 1.94 bits per heavy atom. The van der Waals surface area contributed by atoms with E-state index in [-0.39, 0.29) is 0 Å². The highest BCUT2D eigenvalue weighted by molar-refractivity contribution is 7.88. The maximum atomic E-state index is 11.8. The number of sulfonamides is 1. The molecule has 2 aromatic carbocycles. The van der Waals surface area contributed by atoms with Gasteiger partial charge in [-0.25, -0.2) is 13.2 Å². The molecule has 2 aliphatic rings. The third kappa shape index (κ3) is 6.92. The first kappa shape index (κ1) is 26.8.